The summed E-state index contributed by atoms with van der Waals surface area (Å²) in [6.45, 7) is 5.33. The molecule has 0 fully saturated rings. The van der Waals surface area contributed by atoms with E-state index in [4.69, 9.17) is 20.3 Å². The molecular formula is C22H25N5O2. The normalized spacial score (nSPS) is 13.4. The van der Waals surface area contributed by atoms with E-state index in [1.165, 1.54) is 0 Å². The van der Waals surface area contributed by atoms with Gasteiger partial charge in [0, 0.05) is 35.9 Å². The van der Waals surface area contributed by atoms with E-state index in [9.17, 15) is 0 Å². The predicted molar refractivity (Wildman–Crippen MR) is 113 cm³/mol. The Kier molecular flexibility index (Phi) is 4.88. The fourth-order valence-corrected chi connectivity index (χ4v) is 3.76. The van der Waals surface area contributed by atoms with Crippen molar-refractivity contribution in [2.45, 2.75) is 26.9 Å². The number of hydrogen-bond donors (Lipinski definition) is 1. The number of hydrogen-bond acceptors (Lipinski definition) is 6. The number of nitrogens with zero attached hydrogens (tertiary/aromatic N) is 4. The molecule has 7 heteroatoms. The summed E-state index contributed by atoms with van der Waals surface area (Å²) in [6, 6.07) is 9.98. The Balaban J connectivity index is 1.86. The molecule has 1 aromatic carbocycles. The lowest BCUT2D eigenvalue weighted by Crippen LogP contribution is -2.32. The Morgan fingerprint density at radius 3 is 2.45 bits per heavy atom. The van der Waals surface area contributed by atoms with Gasteiger partial charge in [0.05, 0.1) is 26.5 Å². The molecule has 0 aliphatic carbocycles. The maximum Gasteiger partial charge on any atom is 0.161 e. The number of aromatic nitrogens is 3. The molecule has 3 aromatic rings. The van der Waals surface area contributed by atoms with Crippen LogP contribution in [-0.4, -0.2) is 29.0 Å². The second-order valence-electron chi connectivity index (χ2n) is 7.06. The zero-order chi connectivity index (χ0) is 20.5. The predicted octanol–water partition coefficient (Wildman–Crippen LogP) is 3.48. The second-order valence-corrected chi connectivity index (χ2v) is 7.06. The summed E-state index contributed by atoms with van der Waals surface area (Å²) in [5.74, 6) is 2.41. The van der Waals surface area contributed by atoms with Crippen LogP contribution in [0.25, 0.3) is 11.1 Å². The van der Waals surface area contributed by atoms with E-state index in [0.29, 0.717) is 24.6 Å². The van der Waals surface area contributed by atoms with Crippen molar-refractivity contribution >= 4 is 5.82 Å². The molecule has 0 unspecified atom stereocenters. The molecule has 150 valence electrons. The van der Waals surface area contributed by atoms with Gasteiger partial charge in [-0.25, -0.2) is 4.68 Å². The average molecular weight is 391 g/mol. The van der Waals surface area contributed by atoms with Gasteiger partial charge < -0.3 is 20.1 Å². The zero-order valence-electron chi connectivity index (χ0n) is 17.1. The Morgan fingerprint density at radius 1 is 1.03 bits per heavy atom. The summed E-state index contributed by atoms with van der Waals surface area (Å²) in [7, 11) is 3.28. The summed E-state index contributed by atoms with van der Waals surface area (Å²) in [5, 5.41) is 4.78. The van der Waals surface area contributed by atoms with Gasteiger partial charge in [0.25, 0.3) is 0 Å². The number of anilines is 1. The molecule has 7 nitrogen and oxygen atoms in total. The molecule has 0 saturated carbocycles. The number of allylic oxidation sites excluding steroid dienone is 2. The highest BCUT2D eigenvalue weighted by molar-refractivity contribution is 5.82. The maximum atomic E-state index is 6.35. The van der Waals surface area contributed by atoms with Crippen LogP contribution in [0.2, 0.25) is 0 Å². The van der Waals surface area contributed by atoms with Gasteiger partial charge in [0.2, 0.25) is 0 Å². The lowest BCUT2D eigenvalue weighted by atomic mass is 10.0. The fourth-order valence-electron chi connectivity index (χ4n) is 3.76. The van der Waals surface area contributed by atoms with Crippen LogP contribution >= 0.6 is 0 Å². The number of benzene rings is 1. The van der Waals surface area contributed by atoms with Crippen molar-refractivity contribution in [1.29, 1.82) is 0 Å². The molecule has 0 atom stereocenters. The second kappa shape index (κ2) is 7.50. The molecule has 0 saturated heterocycles. The van der Waals surface area contributed by atoms with Gasteiger partial charge in [-0.15, -0.1) is 0 Å². The third-order valence-corrected chi connectivity index (χ3v) is 5.31. The van der Waals surface area contributed by atoms with Gasteiger partial charge >= 0.3 is 0 Å². The Hall–Kier alpha value is -3.48. The first-order valence-electron chi connectivity index (χ1n) is 9.45. The highest BCUT2D eigenvalue weighted by Crippen LogP contribution is 2.41. The first-order valence-corrected chi connectivity index (χ1v) is 9.45. The minimum atomic E-state index is 0.572. The lowest BCUT2D eigenvalue weighted by Gasteiger charge is -2.32. The lowest BCUT2D eigenvalue weighted by molar-refractivity contribution is 0.355. The molecule has 0 bridgehead atoms. The molecule has 1 aliphatic heterocycles. The van der Waals surface area contributed by atoms with Crippen molar-refractivity contribution in [2.24, 2.45) is 5.73 Å². The van der Waals surface area contributed by atoms with Crippen LogP contribution < -0.4 is 20.1 Å². The molecule has 2 N–H and O–H groups in total. The van der Waals surface area contributed by atoms with Crippen LogP contribution in [0.5, 0.6) is 11.5 Å². The van der Waals surface area contributed by atoms with Crippen LogP contribution in [0.1, 0.15) is 18.2 Å². The highest BCUT2D eigenvalue weighted by Gasteiger charge is 2.28. The highest BCUT2D eigenvalue weighted by atomic mass is 16.5. The largest absolute Gasteiger partial charge is 0.493 e. The van der Waals surface area contributed by atoms with Crippen LogP contribution in [0.4, 0.5) is 5.82 Å². The molecule has 1 aliphatic rings. The average Bonchev–Trinajstić information content (AvgIpc) is 3.06. The summed E-state index contributed by atoms with van der Waals surface area (Å²) in [5.41, 5.74) is 12.4. The standard InChI is InChI=1S/C22H25N5O2/c1-14-21(17-5-6-19(28-3)20(11-17)29-4)22-26(12-16-7-9-24-10-8-16)15(2)18(23)13-27(22)25-14/h5-11H,12-13,23H2,1-4H3. The summed E-state index contributed by atoms with van der Waals surface area (Å²) < 4.78 is 12.9. The van der Waals surface area contributed by atoms with Crippen molar-refractivity contribution in [3.8, 4) is 22.6 Å². The summed E-state index contributed by atoms with van der Waals surface area (Å²) >= 11 is 0. The van der Waals surface area contributed by atoms with Gasteiger partial charge in [0.15, 0.2) is 11.5 Å². The molecule has 3 heterocycles. The van der Waals surface area contributed by atoms with E-state index in [0.717, 1.165) is 39.6 Å². The number of pyridine rings is 1. The van der Waals surface area contributed by atoms with Crippen molar-refractivity contribution in [1.82, 2.24) is 14.8 Å². The van der Waals surface area contributed by atoms with Crippen molar-refractivity contribution in [3.63, 3.8) is 0 Å². The zero-order valence-corrected chi connectivity index (χ0v) is 17.1. The summed E-state index contributed by atoms with van der Waals surface area (Å²) in [6.07, 6.45) is 3.61. The number of aryl methyl sites for hydroxylation is 1. The quantitative estimate of drug-likeness (QED) is 0.717. The third-order valence-electron chi connectivity index (χ3n) is 5.31. The van der Waals surface area contributed by atoms with E-state index in [1.54, 1.807) is 26.6 Å². The fraction of sp³-hybridized carbons (Fsp3) is 0.273. The van der Waals surface area contributed by atoms with Crippen LogP contribution in [0, 0.1) is 6.92 Å². The Bertz CT molecular complexity index is 1070. The number of ether oxygens (including phenoxy) is 2. The summed E-state index contributed by atoms with van der Waals surface area (Å²) in [4.78, 5) is 6.35. The Labute approximate surface area is 170 Å². The smallest absolute Gasteiger partial charge is 0.161 e. The van der Waals surface area contributed by atoms with E-state index >= 15 is 0 Å². The molecule has 0 spiro atoms. The number of rotatable bonds is 5. The van der Waals surface area contributed by atoms with Crippen molar-refractivity contribution in [2.75, 3.05) is 19.1 Å². The number of methoxy groups -OCH3 is 2. The van der Waals surface area contributed by atoms with E-state index in [-0.39, 0.29) is 0 Å². The van der Waals surface area contributed by atoms with E-state index in [1.807, 2.05) is 41.9 Å². The molecule has 2 aromatic heterocycles. The first-order chi connectivity index (χ1) is 14.0. The SMILES string of the molecule is COc1ccc(-c2c(C)nn3c2N(Cc2ccncc2)C(C)=C(N)C3)cc1OC. The van der Waals surface area contributed by atoms with E-state index in [2.05, 4.69) is 16.8 Å². The number of fused-ring (bicyclic) bond motifs is 1. The molecular weight excluding hydrogens is 366 g/mol. The number of nitrogens with two attached hydrogens (primary N) is 1. The van der Waals surface area contributed by atoms with E-state index < -0.39 is 0 Å². The minimum absolute atomic E-state index is 0.572. The first kappa shape index (κ1) is 18.9. The van der Waals surface area contributed by atoms with Gasteiger partial charge in [-0.2, -0.15) is 5.10 Å². The Morgan fingerprint density at radius 2 is 1.76 bits per heavy atom. The van der Waals surface area contributed by atoms with Crippen molar-refractivity contribution in [3.05, 3.63) is 65.4 Å². The van der Waals surface area contributed by atoms with Crippen LogP contribution in [-0.2, 0) is 13.1 Å². The minimum Gasteiger partial charge on any atom is -0.493 e. The van der Waals surface area contributed by atoms with Crippen LogP contribution in [0.3, 0.4) is 0 Å². The van der Waals surface area contributed by atoms with Gasteiger partial charge in [-0.3, -0.25) is 4.98 Å². The third kappa shape index (κ3) is 3.29. The topological polar surface area (TPSA) is 78.4 Å². The molecule has 0 radical (unpaired) electrons. The molecule has 4 rings (SSSR count). The van der Waals surface area contributed by atoms with Crippen molar-refractivity contribution < 1.29 is 9.47 Å². The van der Waals surface area contributed by atoms with Gasteiger partial charge in [-0.05, 0) is 49.2 Å². The van der Waals surface area contributed by atoms with Gasteiger partial charge in [0.1, 0.15) is 5.82 Å². The molecule has 0 amide bonds. The van der Waals surface area contributed by atoms with Gasteiger partial charge in [-0.1, -0.05) is 6.07 Å². The molecule has 29 heavy (non-hydrogen) atoms. The van der Waals surface area contributed by atoms with Crippen LogP contribution in [0.15, 0.2) is 54.1 Å². The monoisotopic (exact) mass is 391 g/mol. The maximum absolute atomic E-state index is 6.35.